The first kappa shape index (κ1) is 12.1. The molecule has 0 aromatic heterocycles. The van der Waals surface area contributed by atoms with E-state index in [9.17, 15) is 4.79 Å². The highest BCUT2D eigenvalue weighted by molar-refractivity contribution is 9.10. The zero-order valence-corrected chi connectivity index (χ0v) is 10.9. The van der Waals surface area contributed by atoms with E-state index in [1.165, 1.54) is 5.56 Å². The lowest BCUT2D eigenvalue weighted by Gasteiger charge is -2.07. The lowest BCUT2D eigenvalue weighted by molar-refractivity contribution is 0.104. The van der Waals surface area contributed by atoms with Crippen LogP contribution in [0.2, 0.25) is 0 Å². The molecule has 2 heteroatoms. The van der Waals surface area contributed by atoms with E-state index in [1.54, 1.807) is 0 Å². The Morgan fingerprint density at radius 3 is 2.47 bits per heavy atom. The molecule has 1 nitrogen and oxygen atoms in total. The van der Waals surface area contributed by atoms with Crippen molar-refractivity contribution in [3.8, 4) is 0 Å². The van der Waals surface area contributed by atoms with Crippen LogP contribution in [0.3, 0.4) is 0 Å². The average Bonchev–Trinajstić information content (AvgIpc) is 2.30. The Kier molecular flexibility index (Phi) is 3.75. The van der Waals surface area contributed by atoms with Crippen LogP contribution in [0.5, 0.6) is 0 Å². The standard InChI is InChI=1S/C15H12BrO/c1-11(17)15-8-7-14(16)10-13(15)9-12-5-3-2-4-6-12/h2-8,10H,1,9H2. The first-order chi connectivity index (χ1) is 8.16. The van der Waals surface area contributed by atoms with Crippen LogP contribution in [0.25, 0.3) is 0 Å². The van der Waals surface area contributed by atoms with Crippen molar-refractivity contribution in [1.29, 1.82) is 0 Å². The second-order valence-corrected chi connectivity index (χ2v) is 4.80. The van der Waals surface area contributed by atoms with Crippen molar-refractivity contribution < 1.29 is 4.79 Å². The number of hydrogen-bond donors (Lipinski definition) is 0. The Hall–Kier alpha value is -1.41. The molecular weight excluding hydrogens is 276 g/mol. The molecule has 85 valence electrons. The van der Waals surface area contributed by atoms with E-state index in [0.717, 1.165) is 16.5 Å². The van der Waals surface area contributed by atoms with Crippen LogP contribution in [0.4, 0.5) is 0 Å². The minimum atomic E-state index is -0.136. The van der Waals surface area contributed by atoms with Gasteiger partial charge >= 0.3 is 0 Å². The molecule has 0 heterocycles. The Balaban J connectivity index is 2.37. The van der Waals surface area contributed by atoms with Crippen molar-refractivity contribution in [3.05, 3.63) is 76.6 Å². The summed E-state index contributed by atoms with van der Waals surface area (Å²) in [5, 5.41) is 0. The fourth-order valence-electron chi connectivity index (χ4n) is 1.80. The van der Waals surface area contributed by atoms with Gasteiger partial charge in [-0.15, -0.1) is 0 Å². The number of carbonyl (C=O) groups is 1. The first-order valence-electron chi connectivity index (χ1n) is 5.35. The number of halogens is 1. The van der Waals surface area contributed by atoms with Gasteiger partial charge in [0.05, 0.1) is 0 Å². The quantitative estimate of drug-likeness (QED) is 0.778. The van der Waals surface area contributed by atoms with E-state index in [1.807, 2.05) is 36.4 Å². The predicted molar refractivity (Wildman–Crippen MR) is 73.1 cm³/mol. The zero-order valence-electron chi connectivity index (χ0n) is 9.32. The van der Waals surface area contributed by atoms with Gasteiger partial charge in [-0.2, -0.15) is 0 Å². The molecule has 0 saturated carbocycles. The first-order valence-corrected chi connectivity index (χ1v) is 6.15. The van der Waals surface area contributed by atoms with Gasteiger partial charge in [-0.25, -0.2) is 0 Å². The molecule has 0 unspecified atom stereocenters. The zero-order chi connectivity index (χ0) is 12.3. The molecule has 17 heavy (non-hydrogen) atoms. The van der Waals surface area contributed by atoms with Crippen LogP contribution < -0.4 is 0 Å². The highest BCUT2D eigenvalue weighted by Gasteiger charge is 2.08. The Morgan fingerprint density at radius 2 is 1.82 bits per heavy atom. The maximum atomic E-state index is 11.4. The lowest BCUT2D eigenvalue weighted by Crippen LogP contribution is -2.00. The van der Waals surface area contributed by atoms with E-state index in [0.29, 0.717) is 5.56 Å². The fraction of sp³-hybridized carbons (Fsp3) is 0.0667. The Labute approximate surface area is 110 Å². The highest BCUT2D eigenvalue weighted by atomic mass is 79.9. The van der Waals surface area contributed by atoms with Crippen molar-refractivity contribution in [2.24, 2.45) is 0 Å². The second kappa shape index (κ2) is 5.28. The van der Waals surface area contributed by atoms with Crippen molar-refractivity contribution in [1.82, 2.24) is 0 Å². The van der Waals surface area contributed by atoms with E-state index in [2.05, 4.69) is 35.0 Å². The van der Waals surface area contributed by atoms with Crippen molar-refractivity contribution in [2.45, 2.75) is 6.42 Å². The van der Waals surface area contributed by atoms with E-state index in [-0.39, 0.29) is 5.78 Å². The van der Waals surface area contributed by atoms with Crippen LogP contribution in [-0.4, -0.2) is 5.78 Å². The van der Waals surface area contributed by atoms with Crippen LogP contribution in [0.15, 0.2) is 53.0 Å². The van der Waals surface area contributed by atoms with E-state index < -0.39 is 0 Å². The second-order valence-electron chi connectivity index (χ2n) is 3.89. The molecule has 0 aliphatic rings. The molecule has 0 spiro atoms. The van der Waals surface area contributed by atoms with Gasteiger partial charge in [-0.05, 0) is 29.7 Å². The van der Waals surface area contributed by atoms with E-state index in [4.69, 9.17) is 0 Å². The topological polar surface area (TPSA) is 17.1 Å². The predicted octanol–water partition coefficient (Wildman–Crippen LogP) is 4.06. The minimum Gasteiger partial charge on any atom is -0.294 e. The van der Waals surface area contributed by atoms with Crippen LogP contribution in [-0.2, 0) is 6.42 Å². The van der Waals surface area contributed by atoms with Gasteiger partial charge in [0, 0.05) is 17.0 Å². The molecule has 0 N–H and O–H groups in total. The molecule has 1 radical (unpaired) electrons. The van der Waals surface area contributed by atoms with Gasteiger partial charge in [-0.3, -0.25) is 4.79 Å². The summed E-state index contributed by atoms with van der Waals surface area (Å²) >= 11 is 3.43. The monoisotopic (exact) mass is 287 g/mol. The third-order valence-corrected chi connectivity index (χ3v) is 3.10. The van der Waals surface area contributed by atoms with Crippen LogP contribution >= 0.6 is 15.9 Å². The van der Waals surface area contributed by atoms with Crippen molar-refractivity contribution in [2.75, 3.05) is 0 Å². The van der Waals surface area contributed by atoms with Gasteiger partial charge < -0.3 is 0 Å². The molecule has 0 amide bonds. The van der Waals surface area contributed by atoms with Crippen LogP contribution in [0.1, 0.15) is 21.5 Å². The average molecular weight is 288 g/mol. The van der Waals surface area contributed by atoms with Gasteiger partial charge in [0.1, 0.15) is 0 Å². The number of Topliss-reactive ketones (excluding diaryl/α,β-unsaturated/α-hetero) is 1. The minimum absolute atomic E-state index is 0.136. The SMILES string of the molecule is [CH2]C(=O)c1ccc(Br)cc1Cc1ccccc1. The summed E-state index contributed by atoms with van der Waals surface area (Å²) in [6.45, 7) is 3.49. The fourth-order valence-corrected chi connectivity index (χ4v) is 2.20. The summed E-state index contributed by atoms with van der Waals surface area (Å²) in [6, 6.07) is 15.8. The number of rotatable bonds is 3. The summed E-state index contributed by atoms with van der Waals surface area (Å²) < 4.78 is 0.980. The summed E-state index contributed by atoms with van der Waals surface area (Å²) in [4.78, 5) is 11.4. The molecule has 0 saturated heterocycles. The Bertz CT molecular complexity index is 532. The van der Waals surface area contributed by atoms with E-state index >= 15 is 0 Å². The normalized spacial score (nSPS) is 10.2. The summed E-state index contributed by atoms with van der Waals surface area (Å²) in [5.74, 6) is -0.136. The summed E-state index contributed by atoms with van der Waals surface area (Å²) in [7, 11) is 0. The van der Waals surface area contributed by atoms with Gasteiger partial charge in [0.2, 0.25) is 0 Å². The lowest BCUT2D eigenvalue weighted by atomic mass is 9.98. The molecule has 2 aromatic rings. The Morgan fingerprint density at radius 1 is 1.12 bits per heavy atom. The largest absolute Gasteiger partial charge is 0.294 e. The third kappa shape index (κ3) is 3.04. The molecule has 0 fully saturated rings. The number of ketones is 1. The number of hydrogen-bond acceptors (Lipinski definition) is 1. The van der Waals surface area contributed by atoms with Gasteiger partial charge in [0.15, 0.2) is 5.78 Å². The molecule has 0 aliphatic carbocycles. The van der Waals surface area contributed by atoms with Crippen molar-refractivity contribution in [3.63, 3.8) is 0 Å². The number of carbonyl (C=O) groups excluding carboxylic acids is 1. The van der Waals surface area contributed by atoms with Gasteiger partial charge in [-0.1, -0.05) is 52.3 Å². The molecule has 0 aliphatic heterocycles. The van der Waals surface area contributed by atoms with Gasteiger partial charge in [0.25, 0.3) is 0 Å². The molecule has 2 rings (SSSR count). The third-order valence-electron chi connectivity index (χ3n) is 2.61. The van der Waals surface area contributed by atoms with Crippen molar-refractivity contribution >= 4 is 21.7 Å². The molecule has 2 aromatic carbocycles. The number of benzene rings is 2. The smallest absolute Gasteiger partial charge is 0.163 e. The summed E-state index contributed by atoms with van der Waals surface area (Å²) in [6.07, 6.45) is 0.747. The molecule has 0 bridgehead atoms. The summed E-state index contributed by atoms with van der Waals surface area (Å²) in [5.41, 5.74) is 2.88. The molecule has 0 atom stereocenters. The molecular formula is C15H12BrO. The maximum absolute atomic E-state index is 11.4. The maximum Gasteiger partial charge on any atom is 0.163 e. The van der Waals surface area contributed by atoms with Crippen LogP contribution in [0, 0.1) is 6.92 Å². The highest BCUT2D eigenvalue weighted by Crippen LogP contribution is 2.20.